The van der Waals surface area contributed by atoms with E-state index in [0.717, 1.165) is 15.0 Å². The van der Waals surface area contributed by atoms with Crippen LogP contribution in [0.15, 0.2) is 22.7 Å². The Morgan fingerprint density at radius 1 is 1.39 bits per heavy atom. The standard InChI is InChI=1S/C13H14BrFN2S/c1-7-11(13(2,3)16)18-12(17-7)9-6-8(14)4-5-10(9)15/h4-6H,16H2,1-3H3. The molecule has 0 radical (unpaired) electrons. The van der Waals surface area contributed by atoms with Crippen LogP contribution in [-0.2, 0) is 5.54 Å². The molecule has 2 N–H and O–H groups in total. The molecule has 0 bridgehead atoms. The van der Waals surface area contributed by atoms with Crippen molar-refractivity contribution in [1.29, 1.82) is 0 Å². The highest BCUT2D eigenvalue weighted by Crippen LogP contribution is 2.35. The molecule has 0 fully saturated rings. The fourth-order valence-electron chi connectivity index (χ4n) is 1.77. The third-order valence-electron chi connectivity index (χ3n) is 2.54. The van der Waals surface area contributed by atoms with Gasteiger partial charge in [-0.25, -0.2) is 9.37 Å². The fourth-order valence-corrected chi connectivity index (χ4v) is 3.23. The molecule has 0 spiro atoms. The molecule has 2 rings (SSSR count). The lowest BCUT2D eigenvalue weighted by Gasteiger charge is -2.16. The number of thiazole rings is 1. The zero-order valence-electron chi connectivity index (χ0n) is 10.4. The topological polar surface area (TPSA) is 38.9 Å². The van der Waals surface area contributed by atoms with E-state index in [1.807, 2.05) is 20.8 Å². The van der Waals surface area contributed by atoms with Gasteiger partial charge < -0.3 is 5.73 Å². The van der Waals surface area contributed by atoms with Gasteiger partial charge in [-0.05, 0) is 39.0 Å². The molecule has 0 aliphatic rings. The Morgan fingerprint density at radius 3 is 2.61 bits per heavy atom. The molecule has 0 aliphatic carbocycles. The highest BCUT2D eigenvalue weighted by Gasteiger charge is 2.22. The van der Waals surface area contributed by atoms with E-state index in [2.05, 4.69) is 20.9 Å². The number of aryl methyl sites for hydroxylation is 1. The molecule has 0 unspecified atom stereocenters. The maximum atomic E-state index is 13.8. The van der Waals surface area contributed by atoms with Crippen LogP contribution in [0.25, 0.3) is 10.6 Å². The smallest absolute Gasteiger partial charge is 0.133 e. The summed E-state index contributed by atoms with van der Waals surface area (Å²) in [4.78, 5) is 5.41. The molecule has 2 nitrogen and oxygen atoms in total. The first-order valence-electron chi connectivity index (χ1n) is 5.51. The molecule has 1 heterocycles. The van der Waals surface area contributed by atoms with Gasteiger partial charge in [0.05, 0.1) is 5.69 Å². The number of benzene rings is 1. The van der Waals surface area contributed by atoms with Gasteiger partial charge in [0.25, 0.3) is 0 Å². The van der Waals surface area contributed by atoms with Gasteiger partial charge in [-0.2, -0.15) is 0 Å². The van der Waals surface area contributed by atoms with E-state index in [1.54, 1.807) is 12.1 Å². The minimum Gasteiger partial charge on any atom is -0.321 e. The van der Waals surface area contributed by atoms with Crippen LogP contribution in [0.4, 0.5) is 4.39 Å². The summed E-state index contributed by atoms with van der Waals surface area (Å²) in [5.74, 6) is -0.270. The molecule has 0 saturated carbocycles. The third-order valence-corrected chi connectivity index (χ3v) is 4.56. The van der Waals surface area contributed by atoms with E-state index in [4.69, 9.17) is 5.73 Å². The van der Waals surface area contributed by atoms with Crippen LogP contribution in [0.1, 0.15) is 24.4 Å². The molecule has 2 aromatic rings. The molecule has 0 saturated heterocycles. The van der Waals surface area contributed by atoms with Gasteiger partial charge in [-0.3, -0.25) is 0 Å². The van der Waals surface area contributed by atoms with Crippen molar-refractivity contribution in [3.05, 3.63) is 39.1 Å². The molecular weight excluding hydrogens is 315 g/mol. The van der Waals surface area contributed by atoms with Crippen LogP contribution < -0.4 is 5.73 Å². The van der Waals surface area contributed by atoms with Gasteiger partial charge in [-0.15, -0.1) is 11.3 Å². The average Bonchev–Trinajstić information content (AvgIpc) is 2.63. The number of halogens is 2. The van der Waals surface area contributed by atoms with E-state index in [9.17, 15) is 4.39 Å². The largest absolute Gasteiger partial charge is 0.321 e. The second-order valence-corrected chi connectivity index (χ2v) is 6.69. The zero-order valence-corrected chi connectivity index (χ0v) is 12.8. The lowest BCUT2D eigenvalue weighted by molar-refractivity contribution is 0.562. The van der Waals surface area contributed by atoms with E-state index in [-0.39, 0.29) is 5.82 Å². The summed E-state index contributed by atoms with van der Waals surface area (Å²) in [6, 6.07) is 4.84. The van der Waals surface area contributed by atoms with E-state index in [0.29, 0.717) is 10.6 Å². The van der Waals surface area contributed by atoms with Crippen LogP contribution in [0.2, 0.25) is 0 Å². The highest BCUT2D eigenvalue weighted by molar-refractivity contribution is 9.10. The van der Waals surface area contributed by atoms with Gasteiger partial charge in [0.15, 0.2) is 0 Å². The van der Waals surface area contributed by atoms with Crippen LogP contribution in [0.5, 0.6) is 0 Å². The number of hydrogen-bond acceptors (Lipinski definition) is 3. The van der Waals surface area contributed by atoms with Crippen molar-refractivity contribution < 1.29 is 4.39 Å². The maximum absolute atomic E-state index is 13.8. The van der Waals surface area contributed by atoms with Gasteiger partial charge in [0, 0.05) is 20.5 Å². The van der Waals surface area contributed by atoms with Crippen LogP contribution in [0.3, 0.4) is 0 Å². The Bertz CT molecular complexity index is 587. The summed E-state index contributed by atoms with van der Waals surface area (Å²) >= 11 is 4.79. The number of nitrogens with zero attached hydrogens (tertiary/aromatic N) is 1. The van der Waals surface area contributed by atoms with Crippen molar-refractivity contribution in [1.82, 2.24) is 4.98 Å². The van der Waals surface area contributed by atoms with Gasteiger partial charge in [0.1, 0.15) is 10.8 Å². The number of hydrogen-bond donors (Lipinski definition) is 1. The summed E-state index contributed by atoms with van der Waals surface area (Å²) < 4.78 is 14.6. The van der Waals surface area contributed by atoms with Crippen molar-refractivity contribution in [3.8, 4) is 10.6 Å². The number of nitrogens with two attached hydrogens (primary N) is 1. The summed E-state index contributed by atoms with van der Waals surface area (Å²) in [7, 11) is 0. The Balaban J connectivity index is 2.56. The number of aromatic nitrogens is 1. The molecule has 5 heteroatoms. The SMILES string of the molecule is Cc1nc(-c2cc(Br)ccc2F)sc1C(C)(C)N. The molecular formula is C13H14BrFN2S. The first-order chi connectivity index (χ1) is 8.29. The summed E-state index contributed by atoms with van der Waals surface area (Å²) in [6.07, 6.45) is 0. The molecule has 0 atom stereocenters. The van der Waals surface area contributed by atoms with Crippen molar-refractivity contribution in [2.45, 2.75) is 26.3 Å². The van der Waals surface area contributed by atoms with Gasteiger partial charge in [0.2, 0.25) is 0 Å². The molecule has 1 aromatic carbocycles. The van der Waals surface area contributed by atoms with Crippen molar-refractivity contribution in [2.24, 2.45) is 5.73 Å². The minimum atomic E-state index is -0.456. The average molecular weight is 329 g/mol. The summed E-state index contributed by atoms with van der Waals surface area (Å²) in [5.41, 5.74) is 7.00. The monoisotopic (exact) mass is 328 g/mol. The lowest BCUT2D eigenvalue weighted by atomic mass is 10.0. The van der Waals surface area contributed by atoms with Crippen LogP contribution in [-0.4, -0.2) is 4.98 Å². The molecule has 1 aromatic heterocycles. The van der Waals surface area contributed by atoms with Gasteiger partial charge in [-0.1, -0.05) is 15.9 Å². The molecule has 96 valence electrons. The van der Waals surface area contributed by atoms with E-state index >= 15 is 0 Å². The summed E-state index contributed by atoms with van der Waals surface area (Å²) in [6.45, 7) is 5.75. The van der Waals surface area contributed by atoms with Gasteiger partial charge >= 0.3 is 0 Å². The number of rotatable bonds is 2. The summed E-state index contributed by atoms with van der Waals surface area (Å²) in [5, 5.41) is 0.667. The Morgan fingerprint density at radius 2 is 2.06 bits per heavy atom. The Labute approximate surface area is 118 Å². The van der Waals surface area contributed by atoms with Crippen molar-refractivity contribution in [3.63, 3.8) is 0 Å². The second-order valence-electron chi connectivity index (χ2n) is 4.78. The predicted molar refractivity (Wildman–Crippen MR) is 77.2 cm³/mol. The van der Waals surface area contributed by atoms with Crippen molar-refractivity contribution >= 4 is 27.3 Å². The normalized spacial score (nSPS) is 11.9. The second kappa shape index (κ2) is 4.72. The molecule has 0 amide bonds. The fraction of sp³-hybridized carbons (Fsp3) is 0.308. The first-order valence-corrected chi connectivity index (χ1v) is 7.12. The molecule has 18 heavy (non-hydrogen) atoms. The van der Waals surface area contributed by atoms with Crippen LogP contribution >= 0.6 is 27.3 Å². The minimum absolute atomic E-state index is 0.270. The lowest BCUT2D eigenvalue weighted by Crippen LogP contribution is -2.28. The predicted octanol–water partition coefficient (Wildman–Crippen LogP) is 4.21. The third kappa shape index (κ3) is 2.63. The Hall–Kier alpha value is -0.780. The highest BCUT2D eigenvalue weighted by atomic mass is 79.9. The molecule has 0 aliphatic heterocycles. The zero-order chi connectivity index (χ0) is 13.5. The van der Waals surface area contributed by atoms with Crippen molar-refractivity contribution in [2.75, 3.05) is 0 Å². The Kier molecular flexibility index (Phi) is 3.58. The van der Waals surface area contributed by atoms with E-state index < -0.39 is 5.54 Å². The first kappa shape index (κ1) is 13.6. The maximum Gasteiger partial charge on any atom is 0.133 e. The quantitative estimate of drug-likeness (QED) is 0.896. The van der Waals surface area contributed by atoms with E-state index in [1.165, 1.54) is 17.4 Å². The van der Waals surface area contributed by atoms with Crippen LogP contribution in [0, 0.1) is 12.7 Å².